The second-order valence-electron chi connectivity index (χ2n) is 14.9. The molecule has 2 heterocycles. The molecule has 1 aromatic rings. The quantitative estimate of drug-likeness (QED) is 0.254. The Labute approximate surface area is 293 Å². The molecule has 2 N–H and O–H groups in total. The van der Waals surface area contributed by atoms with E-state index in [0.29, 0.717) is 49.3 Å². The third-order valence-electron chi connectivity index (χ3n) is 11.1. The number of nitrogens with zero attached hydrogens (tertiary/aromatic N) is 2. The van der Waals surface area contributed by atoms with Crippen molar-refractivity contribution in [2.75, 3.05) is 13.7 Å². The summed E-state index contributed by atoms with van der Waals surface area (Å²) in [5.41, 5.74) is -0.456. The van der Waals surface area contributed by atoms with Crippen molar-refractivity contribution >= 4 is 46.6 Å². The van der Waals surface area contributed by atoms with Gasteiger partial charge >= 0.3 is 0 Å². The van der Waals surface area contributed by atoms with Gasteiger partial charge in [0.05, 0.1) is 23.9 Å². The Morgan fingerprint density at radius 3 is 2.43 bits per heavy atom. The molecule has 0 aromatic heterocycles. The fourth-order valence-corrected chi connectivity index (χ4v) is 8.04. The molecule has 266 valence electrons. The zero-order valence-electron chi connectivity index (χ0n) is 28.6. The van der Waals surface area contributed by atoms with Crippen LogP contribution in [0.2, 0.25) is 5.02 Å². The minimum Gasteiger partial charge on any atom is -0.387 e. The second kappa shape index (κ2) is 14.9. The number of rotatable bonds is 15. The SMILES string of the molecule is CCC[C@H](NC(=O)C1C[C@]2(CC(c3cccc(Cl)c3)=NO2)CN1C(=O)[C@@H](NC(=O)CC1CCCCC1)C1(OC)CC1)C(=O)C(=O)CC1CC1. The van der Waals surface area contributed by atoms with Gasteiger partial charge in [-0.3, -0.25) is 24.0 Å². The number of halogens is 1. The molecule has 3 amide bonds. The van der Waals surface area contributed by atoms with Crippen molar-refractivity contribution in [3.63, 3.8) is 0 Å². The van der Waals surface area contributed by atoms with Gasteiger partial charge in [0.1, 0.15) is 12.1 Å². The summed E-state index contributed by atoms with van der Waals surface area (Å²) in [4.78, 5) is 75.9. The average Bonchev–Trinajstić information content (AvgIpc) is 4.01. The lowest BCUT2D eigenvalue weighted by Crippen LogP contribution is -2.60. The Morgan fingerprint density at radius 1 is 1.04 bits per heavy atom. The maximum atomic E-state index is 14.7. The lowest BCUT2D eigenvalue weighted by atomic mass is 9.86. The van der Waals surface area contributed by atoms with E-state index in [-0.39, 0.29) is 37.1 Å². The first kappa shape index (κ1) is 35.5. The Balaban J connectivity index is 1.24. The fourth-order valence-electron chi connectivity index (χ4n) is 7.85. The van der Waals surface area contributed by atoms with Gasteiger partial charge in [-0.15, -0.1) is 0 Å². The molecule has 49 heavy (non-hydrogen) atoms. The van der Waals surface area contributed by atoms with Crippen molar-refractivity contribution in [1.82, 2.24) is 15.5 Å². The molecule has 1 spiro atoms. The number of methoxy groups -OCH3 is 1. The Kier molecular flexibility index (Phi) is 10.8. The summed E-state index contributed by atoms with van der Waals surface area (Å²) in [5, 5.41) is 10.8. The van der Waals surface area contributed by atoms with E-state index in [1.165, 1.54) is 11.3 Å². The molecule has 0 bridgehead atoms. The molecule has 3 saturated carbocycles. The highest BCUT2D eigenvalue weighted by Gasteiger charge is 2.60. The fraction of sp³-hybridized carbons (Fsp3) is 0.676. The summed E-state index contributed by atoms with van der Waals surface area (Å²) in [6.07, 6.45) is 10.3. The topological polar surface area (TPSA) is 143 Å². The summed E-state index contributed by atoms with van der Waals surface area (Å²) >= 11 is 6.26. The molecular weight excluding hydrogens is 648 g/mol. The molecule has 11 nitrogen and oxygen atoms in total. The summed E-state index contributed by atoms with van der Waals surface area (Å²) in [7, 11) is 1.54. The molecule has 0 radical (unpaired) electrons. The van der Waals surface area contributed by atoms with Crippen molar-refractivity contribution in [3.8, 4) is 0 Å². The van der Waals surface area contributed by atoms with E-state index in [4.69, 9.17) is 21.2 Å². The second-order valence-corrected chi connectivity index (χ2v) is 15.4. The van der Waals surface area contributed by atoms with Crippen LogP contribution in [0.25, 0.3) is 0 Å². The van der Waals surface area contributed by atoms with Gasteiger partial charge in [-0.05, 0) is 68.9 Å². The molecule has 4 fully saturated rings. The van der Waals surface area contributed by atoms with E-state index in [1.54, 1.807) is 19.2 Å². The third-order valence-corrected chi connectivity index (χ3v) is 11.3. The number of ether oxygens (including phenoxy) is 1. The number of hydrogen-bond acceptors (Lipinski definition) is 8. The van der Waals surface area contributed by atoms with Crippen molar-refractivity contribution < 1.29 is 33.5 Å². The molecule has 1 saturated heterocycles. The normalized spacial score (nSPS) is 25.7. The Morgan fingerprint density at radius 2 is 1.78 bits per heavy atom. The summed E-state index contributed by atoms with van der Waals surface area (Å²) < 4.78 is 5.86. The standard InChI is InChI=1S/C37H49ClN4O7/c1-3-8-27(32(45)30(43)17-24-13-14-24)39-34(46)29-21-36(20-28(41-49-36)25-11-7-12-26(38)19-25)22-42(29)35(47)33(37(48-2)15-16-37)40-31(44)18-23-9-5-4-6-10-23/h7,11-12,19,23-24,27,29,33H,3-6,8-10,13-18,20-22H2,1-2H3,(H,39,46)(H,40,44)/t27-,29?,33+,36+/m0/s1. The van der Waals surface area contributed by atoms with Crippen molar-refractivity contribution in [1.29, 1.82) is 0 Å². The number of benzene rings is 1. The molecule has 1 aromatic carbocycles. The lowest BCUT2D eigenvalue weighted by Gasteiger charge is -2.33. The number of likely N-dealkylation sites (tertiary alicyclic amines) is 1. The number of Topliss-reactive ketones (excluding diaryl/α,β-unsaturated/α-hetero) is 2. The number of nitrogens with one attached hydrogen (secondary N) is 2. The summed E-state index contributed by atoms with van der Waals surface area (Å²) in [5.74, 6) is -1.71. The number of ketones is 2. The zero-order valence-corrected chi connectivity index (χ0v) is 29.4. The van der Waals surface area contributed by atoms with Crippen molar-refractivity contribution in [3.05, 3.63) is 34.9 Å². The van der Waals surface area contributed by atoms with Crippen LogP contribution in [0.4, 0.5) is 0 Å². The number of amides is 3. The van der Waals surface area contributed by atoms with E-state index in [9.17, 15) is 24.0 Å². The highest BCUT2D eigenvalue weighted by Crippen LogP contribution is 2.45. The van der Waals surface area contributed by atoms with Gasteiger partial charge in [0.25, 0.3) is 0 Å². The van der Waals surface area contributed by atoms with E-state index in [1.807, 2.05) is 19.1 Å². The first-order valence-electron chi connectivity index (χ1n) is 18.1. The van der Waals surface area contributed by atoms with Crippen molar-refractivity contribution in [2.24, 2.45) is 17.0 Å². The summed E-state index contributed by atoms with van der Waals surface area (Å²) in [6.45, 7) is 1.93. The first-order valence-corrected chi connectivity index (χ1v) is 18.5. The van der Waals surface area contributed by atoms with Gasteiger partial charge in [-0.2, -0.15) is 0 Å². The van der Waals surface area contributed by atoms with E-state index in [0.717, 1.165) is 44.1 Å². The smallest absolute Gasteiger partial charge is 0.248 e. The summed E-state index contributed by atoms with van der Waals surface area (Å²) in [6, 6.07) is 4.24. The maximum absolute atomic E-state index is 14.7. The van der Waals surface area contributed by atoms with Crippen LogP contribution < -0.4 is 10.6 Å². The monoisotopic (exact) mass is 696 g/mol. The highest BCUT2D eigenvalue weighted by atomic mass is 35.5. The Bertz CT molecular complexity index is 1480. The lowest BCUT2D eigenvalue weighted by molar-refractivity contribution is -0.147. The van der Waals surface area contributed by atoms with Crippen LogP contribution in [0.5, 0.6) is 0 Å². The van der Waals surface area contributed by atoms with Crippen molar-refractivity contribution in [2.45, 2.75) is 133 Å². The van der Waals surface area contributed by atoms with Gasteiger partial charge in [-0.1, -0.05) is 61.5 Å². The van der Waals surface area contributed by atoms with E-state index < -0.39 is 52.7 Å². The van der Waals surface area contributed by atoms with Gasteiger partial charge < -0.3 is 25.1 Å². The molecule has 1 unspecified atom stereocenters. The molecule has 12 heteroatoms. The van der Waals surface area contributed by atoms with Crippen LogP contribution >= 0.6 is 11.6 Å². The molecule has 6 rings (SSSR count). The van der Waals surface area contributed by atoms with Crippen LogP contribution in [0.1, 0.15) is 109 Å². The van der Waals surface area contributed by atoms with Crippen LogP contribution in [0.3, 0.4) is 0 Å². The van der Waals surface area contributed by atoms with Gasteiger partial charge in [0, 0.05) is 43.4 Å². The predicted octanol–water partition coefficient (Wildman–Crippen LogP) is 4.66. The van der Waals surface area contributed by atoms with Gasteiger partial charge in [0.15, 0.2) is 5.60 Å². The minimum atomic E-state index is -1.03. The van der Waals surface area contributed by atoms with Gasteiger partial charge in [-0.25, -0.2) is 0 Å². The molecule has 3 aliphatic carbocycles. The van der Waals surface area contributed by atoms with Crippen LogP contribution in [-0.2, 0) is 33.5 Å². The molecule has 4 atom stereocenters. The Hall–Kier alpha value is -3.31. The maximum Gasteiger partial charge on any atom is 0.248 e. The number of oxime groups is 1. The molecule has 2 aliphatic heterocycles. The highest BCUT2D eigenvalue weighted by molar-refractivity contribution is 6.39. The largest absolute Gasteiger partial charge is 0.387 e. The predicted molar refractivity (Wildman–Crippen MR) is 183 cm³/mol. The van der Waals surface area contributed by atoms with Gasteiger partial charge in [0.2, 0.25) is 29.3 Å². The molecular formula is C37H49ClN4O7. The van der Waals surface area contributed by atoms with E-state index in [2.05, 4.69) is 15.8 Å². The number of carbonyl (C=O) groups excluding carboxylic acids is 5. The van der Waals surface area contributed by atoms with Crippen LogP contribution in [0.15, 0.2) is 29.4 Å². The number of hydrogen-bond donors (Lipinski definition) is 2. The van der Waals surface area contributed by atoms with Crippen LogP contribution in [0, 0.1) is 11.8 Å². The zero-order chi connectivity index (χ0) is 34.8. The van der Waals surface area contributed by atoms with E-state index >= 15 is 0 Å². The molecule has 5 aliphatic rings. The average molecular weight is 697 g/mol. The number of carbonyl (C=O) groups is 5. The minimum absolute atomic E-state index is 0.0409. The first-order chi connectivity index (χ1) is 23.5. The third kappa shape index (κ3) is 8.20. The van der Waals surface area contributed by atoms with Crippen LogP contribution in [-0.4, -0.2) is 82.9 Å².